The number of terminal acetylenes is 1. The molecular weight excluding hydrogens is 314 g/mol. The predicted octanol–water partition coefficient (Wildman–Crippen LogP) is 2.91. The summed E-state index contributed by atoms with van der Waals surface area (Å²) in [5, 5.41) is 0. The fraction of sp³-hybridized carbons (Fsp3) is 0.286. The van der Waals surface area contributed by atoms with Gasteiger partial charge in [-0.2, -0.15) is 0 Å². The van der Waals surface area contributed by atoms with E-state index in [0.29, 0.717) is 19.6 Å². The SMILES string of the molecule is C#CCN(C)C(Cc1ccc(OCc2ccccc2)cc1)C(=O)OC. The van der Waals surface area contributed by atoms with Gasteiger partial charge in [0.05, 0.1) is 13.7 Å². The van der Waals surface area contributed by atoms with E-state index in [1.165, 1.54) is 7.11 Å². The first-order chi connectivity index (χ1) is 12.1. The van der Waals surface area contributed by atoms with E-state index >= 15 is 0 Å². The molecule has 0 spiro atoms. The zero-order valence-corrected chi connectivity index (χ0v) is 14.6. The van der Waals surface area contributed by atoms with Crippen LogP contribution in [0.1, 0.15) is 11.1 Å². The van der Waals surface area contributed by atoms with E-state index in [1.807, 2.05) is 66.5 Å². The smallest absolute Gasteiger partial charge is 0.323 e. The van der Waals surface area contributed by atoms with Gasteiger partial charge in [-0.25, -0.2) is 0 Å². The highest BCUT2D eigenvalue weighted by Crippen LogP contribution is 2.17. The molecule has 1 unspecified atom stereocenters. The van der Waals surface area contributed by atoms with Gasteiger partial charge in [0.15, 0.2) is 0 Å². The van der Waals surface area contributed by atoms with Gasteiger partial charge in [0, 0.05) is 0 Å². The molecule has 0 aromatic heterocycles. The largest absolute Gasteiger partial charge is 0.489 e. The Morgan fingerprint density at radius 3 is 2.40 bits per heavy atom. The van der Waals surface area contributed by atoms with E-state index in [-0.39, 0.29) is 5.97 Å². The second-order valence-corrected chi connectivity index (χ2v) is 5.78. The molecule has 130 valence electrons. The summed E-state index contributed by atoms with van der Waals surface area (Å²) in [7, 11) is 3.21. The zero-order valence-electron chi connectivity index (χ0n) is 14.6. The van der Waals surface area contributed by atoms with Crippen molar-refractivity contribution in [2.24, 2.45) is 0 Å². The van der Waals surface area contributed by atoms with Crippen LogP contribution in [0, 0.1) is 12.3 Å². The number of methoxy groups -OCH3 is 1. The first kappa shape index (κ1) is 18.6. The Balaban J connectivity index is 1.98. The number of ether oxygens (including phenoxy) is 2. The van der Waals surface area contributed by atoms with Crippen LogP contribution >= 0.6 is 0 Å². The molecule has 0 heterocycles. The van der Waals surface area contributed by atoms with Gasteiger partial charge in [0.2, 0.25) is 0 Å². The summed E-state index contributed by atoms with van der Waals surface area (Å²) >= 11 is 0. The van der Waals surface area contributed by atoms with Gasteiger partial charge in [-0.3, -0.25) is 9.69 Å². The molecule has 2 rings (SSSR count). The summed E-state index contributed by atoms with van der Waals surface area (Å²) in [6.45, 7) is 0.911. The first-order valence-electron chi connectivity index (χ1n) is 8.11. The number of hydrogen-bond donors (Lipinski definition) is 0. The van der Waals surface area contributed by atoms with Crippen LogP contribution in [0.3, 0.4) is 0 Å². The standard InChI is InChI=1S/C21H23NO3/c1-4-14-22(2)20(21(23)24-3)15-17-10-12-19(13-11-17)25-16-18-8-6-5-7-9-18/h1,5-13,20H,14-16H2,2-3H3. The molecule has 0 N–H and O–H groups in total. The van der Waals surface area contributed by atoms with Gasteiger partial charge in [0.1, 0.15) is 18.4 Å². The molecule has 0 aliphatic heterocycles. The van der Waals surface area contributed by atoms with E-state index in [4.69, 9.17) is 15.9 Å². The Morgan fingerprint density at radius 2 is 1.80 bits per heavy atom. The van der Waals surface area contributed by atoms with Gasteiger partial charge in [-0.15, -0.1) is 6.42 Å². The summed E-state index contributed by atoms with van der Waals surface area (Å²) in [6, 6.07) is 17.3. The Bertz CT molecular complexity index is 704. The van der Waals surface area contributed by atoms with Gasteiger partial charge in [-0.1, -0.05) is 48.4 Å². The van der Waals surface area contributed by atoms with Gasteiger partial charge in [-0.05, 0) is 36.7 Å². The van der Waals surface area contributed by atoms with Crippen LogP contribution < -0.4 is 4.74 Å². The fourth-order valence-electron chi connectivity index (χ4n) is 2.50. The van der Waals surface area contributed by atoms with Gasteiger partial charge in [0.25, 0.3) is 0 Å². The molecule has 0 amide bonds. The lowest BCUT2D eigenvalue weighted by molar-refractivity contribution is -0.146. The number of hydrogen-bond acceptors (Lipinski definition) is 4. The van der Waals surface area contributed by atoms with Crippen molar-refractivity contribution >= 4 is 5.97 Å². The molecule has 0 fully saturated rings. The number of carbonyl (C=O) groups excluding carboxylic acids is 1. The molecular formula is C21H23NO3. The van der Waals surface area contributed by atoms with Crippen LogP contribution in [-0.4, -0.2) is 37.6 Å². The van der Waals surface area contributed by atoms with Gasteiger partial charge < -0.3 is 9.47 Å². The second-order valence-electron chi connectivity index (χ2n) is 5.78. The maximum Gasteiger partial charge on any atom is 0.323 e. The van der Waals surface area contributed by atoms with Crippen molar-refractivity contribution < 1.29 is 14.3 Å². The van der Waals surface area contributed by atoms with Crippen molar-refractivity contribution in [2.45, 2.75) is 19.1 Å². The molecule has 1 atom stereocenters. The van der Waals surface area contributed by atoms with Crippen LogP contribution in [0.15, 0.2) is 54.6 Å². The molecule has 0 aliphatic rings. The molecule has 4 nitrogen and oxygen atoms in total. The van der Waals surface area contributed by atoms with E-state index in [2.05, 4.69) is 5.92 Å². The lowest BCUT2D eigenvalue weighted by atomic mass is 10.0. The number of rotatable bonds is 8. The molecule has 0 bridgehead atoms. The van der Waals surface area contributed by atoms with Crippen LogP contribution in [0.5, 0.6) is 5.75 Å². The van der Waals surface area contributed by atoms with Crippen LogP contribution in [0.25, 0.3) is 0 Å². The Hall–Kier alpha value is -2.77. The highest BCUT2D eigenvalue weighted by Gasteiger charge is 2.23. The minimum absolute atomic E-state index is 0.290. The Morgan fingerprint density at radius 1 is 1.12 bits per heavy atom. The van der Waals surface area contributed by atoms with E-state index in [9.17, 15) is 4.79 Å². The summed E-state index contributed by atoms with van der Waals surface area (Å²) in [5.74, 6) is 3.05. The Labute approximate surface area is 149 Å². The number of esters is 1. The van der Waals surface area contributed by atoms with Crippen molar-refractivity contribution in [2.75, 3.05) is 20.7 Å². The maximum atomic E-state index is 12.0. The molecule has 2 aromatic carbocycles. The van der Waals surface area contributed by atoms with E-state index in [1.54, 1.807) is 0 Å². The van der Waals surface area contributed by atoms with Crippen molar-refractivity contribution in [1.29, 1.82) is 0 Å². The third kappa shape index (κ3) is 5.66. The summed E-state index contributed by atoms with van der Waals surface area (Å²) < 4.78 is 10.7. The fourth-order valence-corrected chi connectivity index (χ4v) is 2.50. The zero-order chi connectivity index (χ0) is 18.1. The topological polar surface area (TPSA) is 38.8 Å². The minimum atomic E-state index is -0.405. The van der Waals surface area contributed by atoms with Crippen molar-refractivity contribution in [3.8, 4) is 18.1 Å². The van der Waals surface area contributed by atoms with Crippen molar-refractivity contribution in [3.05, 3.63) is 65.7 Å². The third-order valence-corrected chi connectivity index (χ3v) is 3.95. The summed E-state index contributed by atoms with van der Waals surface area (Å²) in [5.41, 5.74) is 2.14. The van der Waals surface area contributed by atoms with Crippen LogP contribution in [0.4, 0.5) is 0 Å². The predicted molar refractivity (Wildman–Crippen MR) is 98.2 cm³/mol. The molecule has 25 heavy (non-hydrogen) atoms. The van der Waals surface area contributed by atoms with E-state index in [0.717, 1.165) is 16.9 Å². The molecule has 4 heteroatoms. The number of nitrogens with zero attached hydrogens (tertiary/aromatic N) is 1. The normalized spacial score (nSPS) is 11.6. The van der Waals surface area contributed by atoms with Gasteiger partial charge >= 0.3 is 5.97 Å². The van der Waals surface area contributed by atoms with Crippen LogP contribution in [0.2, 0.25) is 0 Å². The maximum absolute atomic E-state index is 12.0. The highest BCUT2D eigenvalue weighted by molar-refractivity contribution is 5.76. The molecule has 0 radical (unpaired) electrons. The molecule has 2 aromatic rings. The quantitative estimate of drug-likeness (QED) is 0.548. The first-order valence-corrected chi connectivity index (χ1v) is 8.11. The Kier molecular flexibility index (Phi) is 7.06. The van der Waals surface area contributed by atoms with E-state index < -0.39 is 6.04 Å². The summed E-state index contributed by atoms with van der Waals surface area (Å²) in [6.07, 6.45) is 5.87. The van der Waals surface area contributed by atoms with Crippen LogP contribution in [-0.2, 0) is 22.6 Å². The monoisotopic (exact) mass is 337 g/mol. The highest BCUT2D eigenvalue weighted by atomic mass is 16.5. The molecule has 0 aliphatic carbocycles. The summed E-state index contributed by atoms with van der Waals surface area (Å²) in [4.78, 5) is 13.8. The van der Waals surface area contributed by atoms with Crippen molar-refractivity contribution in [1.82, 2.24) is 4.90 Å². The molecule has 0 saturated heterocycles. The number of carbonyl (C=O) groups is 1. The average Bonchev–Trinajstić information content (AvgIpc) is 2.65. The third-order valence-electron chi connectivity index (χ3n) is 3.95. The molecule has 0 saturated carbocycles. The second kappa shape index (κ2) is 9.51. The lowest BCUT2D eigenvalue weighted by Crippen LogP contribution is -2.41. The lowest BCUT2D eigenvalue weighted by Gasteiger charge is -2.24. The minimum Gasteiger partial charge on any atom is -0.489 e. The number of likely N-dealkylation sites (N-methyl/N-ethyl adjacent to an activating group) is 1. The van der Waals surface area contributed by atoms with Crippen molar-refractivity contribution in [3.63, 3.8) is 0 Å². The average molecular weight is 337 g/mol. The number of benzene rings is 2.